The van der Waals surface area contributed by atoms with Gasteiger partial charge in [0.05, 0.1) is 27.3 Å². The first kappa shape index (κ1) is 14.5. The van der Waals surface area contributed by atoms with Crippen LogP contribution in [0.3, 0.4) is 0 Å². The van der Waals surface area contributed by atoms with E-state index in [0.717, 1.165) is 12.1 Å². The van der Waals surface area contributed by atoms with Gasteiger partial charge in [0.2, 0.25) is 0 Å². The second kappa shape index (κ2) is 5.61. The molecule has 0 amide bonds. The van der Waals surface area contributed by atoms with E-state index in [-0.39, 0.29) is 21.0 Å². The van der Waals surface area contributed by atoms with Gasteiger partial charge in [-0.25, -0.2) is 12.8 Å². The number of rotatable bonds is 3. The van der Waals surface area contributed by atoms with Crippen LogP contribution in [0.2, 0.25) is 5.02 Å². The number of nitriles is 1. The fraction of sp³-hybridized carbons (Fsp3) is 0.0714. The zero-order valence-electron chi connectivity index (χ0n) is 10.2. The molecule has 0 unspecified atom stereocenters. The second-order valence-corrected chi connectivity index (χ2v) is 6.51. The fourth-order valence-electron chi connectivity index (χ4n) is 1.79. The highest BCUT2D eigenvalue weighted by molar-refractivity contribution is 7.90. The van der Waals surface area contributed by atoms with Crippen LogP contribution in [-0.4, -0.2) is 8.42 Å². The molecule has 0 atom stereocenters. The summed E-state index contributed by atoms with van der Waals surface area (Å²) in [6, 6.07) is 11.3. The van der Waals surface area contributed by atoms with Crippen molar-refractivity contribution < 1.29 is 12.8 Å². The summed E-state index contributed by atoms with van der Waals surface area (Å²) < 4.78 is 37.8. The molecule has 0 aliphatic heterocycles. The van der Waals surface area contributed by atoms with Crippen molar-refractivity contribution in [2.75, 3.05) is 0 Å². The fourth-order valence-corrected chi connectivity index (χ4v) is 3.69. The first-order chi connectivity index (χ1) is 9.42. The average Bonchev–Trinajstić information content (AvgIpc) is 2.37. The predicted octanol–water partition coefficient (Wildman–Crippen LogP) is 3.32. The SMILES string of the molecule is N#Cc1cc(F)cc(CS(=O)(=O)c2ccccc2Cl)c1. The lowest BCUT2D eigenvalue weighted by molar-refractivity contribution is 0.594. The third-order valence-corrected chi connectivity index (χ3v) is 4.80. The molecule has 0 aliphatic carbocycles. The van der Waals surface area contributed by atoms with Gasteiger partial charge in [-0.2, -0.15) is 5.26 Å². The molecule has 0 bridgehead atoms. The Morgan fingerprint density at radius 1 is 1.20 bits per heavy atom. The number of benzene rings is 2. The summed E-state index contributed by atoms with van der Waals surface area (Å²) in [6.45, 7) is 0. The lowest BCUT2D eigenvalue weighted by Crippen LogP contribution is -2.06. The molecule has 6 heteroatoms. The van der Waals surface area contributed by atoms with E-state index in [0.29, 0.717) is 0 Å². The van der Waals surface area contributed by atoms with Gasteiger partial charge in [0.1, 0.15) is 5.82 Å². The summed E-state index contributed by atoms with van der Waals surface area (Å²) in [4.78, 5) is -0.00978. The molecular weight excluding hydrogens is 301 g/mol. The molecule has 0 fully saturated rings. The molecule has 0 N–H and O–H groups in total. The third-order valence-electron chi connectivity index (χ3n) is 2.62. The molecular formula is C14H9ClFNO2S. The van der Waals surface area contributed by atoms with E-state index in [1.54, 1.807) is 18.2 Å². The molecule has 2 rings (SSSR count). The van der Waals surface area contributed by atoms with Gasteiger partial charge >= 0.3 is 0 Å². The summed E-state index contributed by atoms with van der Waals surface area (Å²) >= 11 is 5.86. The van der Waals surface area contributed by atoms with Crippen LogP contribution in [-0.2, 0) is 15.6 Å². The average molecular weight is 310 g/mol. The van der Waals surface area contributed by atoms with Crippen molar-refractivity contribution in [1.82, 2.24) is 0 Å². The van der Waals surface area contributed by atoms with Gasteiger partial charge in [0, 0.05) is 0 Å². The van der Waals surface area contributed by atoms with Crippen LogP contribution < -0.4 is 0 Å². The topological polar surface area (TPSA) is 57.9 Å². The maximum atomic E-state index is 13.3. The van der Waals surface area contributed by atoms with Gasteiger partial charge in [0.15, 0.2) is 9.84 Å². The number of sulfone groups is 1. The van der Waals surface area contributed by atoms with E-state index in [1.807, 2.05) is 0 Å². The van der Waals surface area contributed by atoms with Crippen LogP contribution in [0, 0.1) is 17.1 Å². The Bertz CT molecular complexity index is 797. The lowest BCUT2D eigenvalue weighted by atomic mass is 10.1. The largest absolute Gasteiger partial charge is 0.223 e. The normalized spacial score (nSPS) is 11.1. The summed E-state index contributed by atoms with van der Waals surface area (Å²) in [5.74, 6) is -1.06. The van der Waals surface area contributed by atoms with Gasteiger partial charge in [-0.3, -0.25) is 0 Å². The van der Waals surface area contributed by atoms with Crippen molar-refractivity contribution in [3.8, 4) is 6.07 Å². The number of nitrogens with zero attached hydrogens (tertiary/aromatic N) is 1. The van der Waals surface area contributed by atoms with Crippen molar-refractivity contribution in [2.45, 2.75) is 10.6 Å². The van der Waals surface area contributed by atoms with Crippen LogP contribution in [0.5, 0.6) is 0 Å². The van der Waals surface area contributed by atoms with Gasteiger partial charge in [-0.15, -0.1) is 0 Å². The molecule has 0 saturated heterocycles. The number of halogens is 2. The summed E-state index contributed by atoms with van der Waals surface area (Å²) in [5, 5.41) is 8.87. The maximum Gasteiger partial charge on any atom is 0.183 e. The van der Waals surface area contributed by atoms with Gasteiger partial charge in [-0.05, 0) is 35.9 Å². The molecule has 102 valence electrons. The predicted molar refractivity (Wildman–Crippen MR) is 73.5 cm³/mol. The zero-order valence-corrected chi connectivity index (χ0v) is 11.7. The van der Waals surface area contributed by atoms with Crippen molar-refractivity contribution >= 4 is 21.4 Å². The van der Waals surface area contributed by atoms with Crippen LogP contribution in [0.15, 0.2) is 47.4 Å². The Morgan fingerprint density at radius 2 is 1.90 bits per heavy atom. The quantitative estimate of drug-likeness (QED) is 0.874. The minimum atomic E-state index is -3.69. The van der Waals surface area contributed by atoms with Crippen LogP contribution in [0.1, 0.15) is 11.1 Å². The second-order valence-electron chi connectivity index (χ2n) is 4.15. The summed E-state index contributed by atoms with van der Waals surface area (Å²) in [7, 11) is -3.69. The molecule has 0 radical (unpaired) electrons. The molecule has 0 spiro atoms. The zero-order chi connectivity index (χ0) is 14.8. The summed E-state index contributed by atoms with van der Waals surface area (Å²) in [5.41, 5.74) is 0.288. The van der Waals surface area contributed by atoms with Crippen LogP contribution in [0.4, 0.5) is 4.39 Å². The van der Waals surface area contributed by atoms with Gasteiger partial charge < -0.3 is 0 Å². The van der Waals surface area contributed by atoms with E-state index in [2.05, 4.69) is 0 Å². The molecule has 3 nitrogen and oxygen atoms in total. The minimum absolute atomic E-state index is 0.00978. The van der Waals surface area contributed by atoms with Gasteiger partial charge in [0.25, 0.3) is 0 Å². The molecule has 0 saturated carbocycles. The smallest absolute Gasteiger partial charge is 0.183 e. The number of hydrogen-bond acceptors (Lipinski definition) is 3. The van der Waals surface area contributed by atoms with Crippen LogP contribution in [0.25, 0.3) is 0 Å². The van der Waals surface area contributed by atoms with E-state index in [4.69, 9.17) is 16.9 Å². The van der Waals surface area contributed by atoms with E-state index in [1.165, 1.54) is 18.2 Å². The van der Waals surface area contributed by atoms with Gasteiger partial charge in [-0.1, -0.05) is 23.7 Å². The van der Waals surface area contributed by atoms with Crippen molar-refractivity contribution in [3.63, 3.8) is 0 Å². The Kier molecular flexibility index (Phi) is 4.07. The molecule has 20 heavy (non-hydrogen) atoms. The molecule has 2 aromatic carbocycles. The Morgan fingerprint density at radius 3 is 2.55 bits per heavy atom. The Balaban J connectivity index is 2.42. The van der Waals surface area contributed by atoms with Crippen LogP contribution >= 0.6 is 11.6 Å². The van der Waals surface area contributed by atoms with Crippen molar-refractivity contribution in [2.24, 2.45) is 0 Å². The van der Waals surface area contributed by atoms with Crippen molar-refractivity contribution in [3.05, 3.63) is 64.4 Å². The Hall–Kier alpha value is -1.90. The minimum Gasteiger partial charge on any atom is -0.223 e. The van der Waals surface area contributed by atoms with E-state index < -0.39 is 21.4 Å². The van der Waals surface area contributed by atoms with Crippen molar-refractivity contribution in [1.29, 1.82) is 5.26 Å². The summed E-state index contributed by atoms with van der Waals surface area (Å²) in [6.07, 6.45) is 0. The molecule has 0 heterocycles. The van der Waals surface area contributed by atoms with E-state index >= 15 is 0 Å². The van der Waals surface area contributed by atoms with E-state index in [9.17, 15) is 12.8 Å². The third kappa shape index (κ3) is 3.16. The molecule has 0 aliphatic rings. The maximum absolute atomic E-state index is 13.3. The number of hydrogen-bond donors (Lipinski definition) is 0. The first-order valence-corrected chi connectivity index (χ1v) is 7.62. The highest BCUT2D eigenvalue weighted by atomic mass is 35.5. The molecule has 0 aromatic heterocycles. The Labute approximate surface area is 121 Å². The highest BCUT2D eigenvalue weighted by Crippen LogP contribution is 2.24. The monoisotopic (exact) mass is 309 g/mol. The highest BCUT2D eigenvalue weighted by Gasteiger charge is 2.19. The standard InChI is InChI=1S/C14H9ClFNO2S/c15-13-3-1-2-4-14(13)20(18,19)9-11-5-10(8-17)6-12(16)7-11/h1-7H,9H2. The first-order valence-electron chi connectivity index (χ1n) is 5.59. The molecule has 2 aromatic rings. The lowest BCUT2D eigenvalue weighted by Gasteiger charge is -2.07.